The first kappa shape index (κ1) is 14.7. The molecule has 1 aliphatic carbocycles. The molecule has 0 heterocycles. The Bertz CT molecular complexity index is 546. The Morgan fingerprint density at radius 3 is 2.75 bits per heavy atom. The SMILES string of the molecule is CN(CC1CC(Cl)C1)C(=O)c1cc(F)ccc1[N+](=O)[O-]. The average Bonchev–Trinajstić information content (AvgIpc) is 2.35. The summed E-state index contributed by atoms with van der Waals surface area (Å²) in [5.74, 6) is -0.912. The van der Waals surface area contributed by atoms with Crippen LogP contribution in [0.25, 0.3) is 0 Å². The molecule has 0 radical (unpaired) electrons. The van der Waals surface area contributed by atoms with E-state index in [9.17, 15) is 19.3 Å². The molecule has 108 valence electrons. The normalized spacial score (nSPS) is 21.1. The second kappa shape index (κ2) is 5.75. The molecule has 0 atom stereocenters. The first-order valence-corrected chi connectivity index (χ1v) is 6.65. The summed E-state index contributed by atoms with van der Waals surface area (Å²) >= 11 is 5.87. The van der Waals surface area contributed by atoms with Crippen LogP contribution in [0.5, 0.6) is 0 Å². The summed E-state index contributed by atoms with van der Waals surface area (Å²) in [6.45, 7) is 0.468. The topological polar surface area (TPSA) is 63.5 Å². The molecule has 0 bridgehead atoms. The summed E-state index contributed by atoms with van der Waals surface area (Å²) in [5.41, 5.74) is -0.605. The highest BCUT2D eigenvalue weighted by Gasteiger charge is 2.31. The molecule has 1 aliphatic rings. The number of carbonyl (C=O) groups is 1. The lowest BCUT2D eigenvalue weighted by Gasteiger charge is -2.34. The van der Waals surface area contributed by atoms with Crippen molar-refractivity contribution in [2.45, 2.75) is 18.2 Å². The van der Waals surface area contributed by atoms with Gasteiger partial charge in [0.05, 0.1) is 4.92 Å². The van der Waals surface area contributed by atoms with E-state index in [0.717, 1.165) is 31.0 Å². The van der Waals surface area contributed by atoms with Gasteiger partial charge < -0.3 is 4.90 Å². The van der Waals surface area contributed by atoms with E-state index >= 15 is 0 Å². The maximum Gasteiger partial charge on any atom is 0.282 e. The summed E-state index contributed by atoms with van der Waals surface area (Å²) < 4.78 is 13.2. The summed E-state index contributed by atoms with van der Waals surface area (Å²) in [7, 11) is 1.55. The number of halogens is 2. The number of alkyl halides is 1. The van der Waals surface area contributed by atoms with Crippen molar-refractivity contribution in [2.24, 2.45) is 5.92 Å². The number of amides is 1. The summed E-state index contributed by atoms with van der Waals surface area (Å²) in [4.78, 5) is 23.8. The Hall–Kier alpha value is -1.69. The minimum absolute atomic E-state index is 0.145. The van der Waals surface area contributed by atoms with Crippen LogP contribution in [0.3, 0.4) is 0 Å². The lowest BCUT2D eigenvalue weighted by Crippen LogP contribution is -2.38. The van der Waals surface area contributed by atoms with Crippen molar-refractivity contribution in [3.63, 3.8) is 0 Å². The van der Waals surface area contributed by atoms with Crippen molar-refractivity contribution in [1.29, 1.82) is 0 Å². The zero-order chi connectivity index (χ0) is 14.9. The van der Waals surface area contributed by atoms with Crippen molar-refractivity contribution in [2.75, 3.05) is 13.6 Å². The van der Waals surface area contributed by atoms with Gasteiger partial charge in [-0.2, -0.15) is 0 Å². The van der Waals surface area contributed by atoms with Crippen LogP contribution in [-0.2, 0) is 0 Å². The number of nitrogens with zero attached hydrogens (tertiary/aromatic N) is 2. The molecular formula is C13H14ClFN2O3. The van der Waals surface area contributed by atoms with Crippen LogP contribution < -0.4 is 0 Å². The van der Waals surface area contributed by atoms with Crippen LogP contribution in [0.1, 0.15) is 23.2 Å². The molecule has 0 unspecified atom stereocenters. The van der Waals surface area contributed by atoms with Gasteiger partial charge >= 0.3 is 0 Å². The zero-order valence-electron chi connectivity index (χ0n) is 10.9. The second-order valence-electron chi connectivity index (χ2n) is 5.04. The largest absolute Gasteiger partial charge is 0.341 e. The molecule has 1 saturated carbocycles. The summed E-state index contributed by atoms with van der Waals surface area (Å²) in [6, 6.07) is 2.88. The fourth-order valence-corrected chi connectivity index (χ4v) is 2.82. The van der Waals surface area contributed by atoms with E-state index in [2.05, 4.69) is 0 Å². The van der Waals surface area contributed by atoms with Crippen molar-refractivity contribution >= 4 is 23.2 Å². The van der Waals surface area contributed by atoms with E-state index in [1.807, 2.05) is 0 Å². The van der Waals surface area contributed by atoms with Crippen molar-refractivity contribution in [1.82, 2.24) is 4.90 Å². The van der Waals surface area contributed by atoms with Gasteiger partial charge in [0, 0.05) is 25.0 Å². The van der Waals surface area contributed by atoms with Gasteiger partial charge in [0.15, 0.2) is 0 Å². The van der Waals surface area contributed by atoms with Gasteiger partial charge in [0.2, 0.25) is 0 Å². The molecule has 1 aromatic carbocycles. The molecule has 7 heteroatoms. The molecule has 1 amide bonds. The van der Waals surface area contributed by atoms with Gasteiger partial charge in [-0.3, -0.25) is 14.9 Å². The fraction of sp³-hybridized carbons (Fsp3) is 0.462. The van der Waals surface area contributed by atoms with E-state index in [1.165, 1.54) is 4.90 Å². The van der Waals surface area contributed by atoms with Gasteiger partial charge in [0.25, 0.3) is 11.6 Å². The lowest BCUT2D eigenvalue weighted by atomic mass is 9.84. The maximum atomic E-state index is 13.2. The van der Waals surface area contributed by atoms with Gasteiger partial charge in [-0.05, 0) is 30.9 Å². The third-order valence-electron chi connectivity index (χ3n) is 3.44. The molecule has 20 heavy (non-hydrogen) atoms. The van der Waals surface area contributed by atoms with Crippen LogP contribution in [0.2, 0.25) is 0 Å². The standard InChI is InChI=1S/C13H14ClFN2O3/c1-16(7-8-4-9(14)5-8)13(18)11-6-10(15)2-3-12(11)17(19)20/h2-3,6,8-9H,4-5,7H2,1H3. The predicted octanol–water partition coefficient (Wildman–Crippen LogP) is 2.82. The highest BCUT2D eigenvalue weighted by molar-refractivity contribution is 6.21. The van der Waals surface area contributed by atoms with E-state index in [-0.39, 0.29) is 16.6 Å². The Labute approximate surface area is 120 Å². The monoisotopic (exact) mass is 300 g/mol. The van der Waals surface area contributed by atoms with Gasteiger partial charge in [-0.1, -0.05) is 0 Å². The van der Waals surface area contributed by atoms with Crippen molar-refractivity contribution in [3.8, 4) is 0 Å². The van der Waals surface area contributed by atoms with E-state index < -0.39 is 16.6 Å². The van der Waals surface area contributed by atoms with Crippen LogP contribution in [-0.4, -0.2) is 34.7 Å². The number of carbonyl (C=O) groups excluding carboxylic acids is 1. The third kappa shape index (κ3) is 3.07. The van der Waals surface area contributed by atoms with Crippen LogP contribution in [0.15, 0.2) is 18.2 Å². The molecule has 0 N–H and O–H groups in total. The minimum Gasteiger partial charge on any atom is -0.341 e. The van der Waals surface area contributed by atoms with E-state index in [4.69, 9.17) is 11.6 Å². The third-order valence-corrected chi connectivity index (χ3v) is 3.80. The number of hydrogen-bond acceptors (Lipinski definition) is 3. The molecule has 0 spiro atoms. The van der Waals surface area contributed by atoms with E-state index in [0.29, 0.717) is 12.5 Å². The Balaban J connectivity index is 2.15. The average molecular weight is 301 g/mol. The highest BCUT2D eigenvalue weighted by atomic mass is 35.5. The number of hydrogen-bond donors (Lipinski definition) is 0. The maximum absolute atomic E-state index is 13.2. The molecule has 1 aromatic rings. The first-order chi connectivity index (χ1) is 9.38. The number of nitro benzene ring substituents is 1. The molecule has 1 fully saturated rings. The molecule has 2 rings (SSSR count). The second-order valence-corrected chi connectivity index (χ2v) is 5.66. The molecule has 0 saturated heterocycles. The lowest BCUT2D eigenvalue weighted by molar-refractivity contribution is -0.385. The van der Waals surface area contributed by atoms with Crippen LogP contribution in [0, 0.1) is 21.8 Å². The van der Waals surface area contributed by atoms with Crippen LogP contribution >= 0.6 is 11.6 Å². The summed E-state index contributed by atoms with van der Waals surface area (Å²) in [5, 5.41) is 11.0. The smallest absolute Gasteiger partial charge is 0.282 e. The van der Waals surface area contributed by atoms with Crippen LogP contribution in [0.4, 0.5) is 10.1 Å². The highest BCUT2D eigenvalue weighted by Crippen LogP contribution is 2.32. The minimum atomic E-state index is -0.682. The van der Waals surface area contributed by atoms with E-state index in [1.54, 1.807) is 7.05 Å². The van der Waals surface area contributed by atoms with Gasteiger partial charge in [-0.25, -0.2) is 4.39 Å². The number of benzene rings is 1. The molecule has 0 aliphatic heterocycles. The van der Waals surface area contributed by atoms with Gasteiger partial charge in [0.1, 0.15) is 11.4 Å². The Morgan fingerprint density at radius 1 is 1.55 bits per heavy atom. The van der Waals surface area contributed by atoms with Gasteiger partial charge in [-0.15, -0.1) is 11.6 Å². The molecule has 5 nitrogen and oxygen atoms in total. The number of nitro groups is 1. The van der Waals surface area contributed by atoms with Crippen molar-refractivity contribution < 1.29 is 14.1 Å². The number of rotatable bonds is 4. The zero-order valence-corrected chi connectivity index (χ0v) is 11.6. The Kier molecular flexibility index (Phi) is 4.23. The van der Waals surface area contributed by atoms with Crippen molar-refractivity contribution in [3.05, 3.63) is 39.7 Å². The molecule has 0 aromatic heterocycles. The summed E-state index contributed by atoms with van der Waals surface area (Å²) in [6.07, 6.45) is 1.65. The predicted molar refractivity (Wildman–Crippen MR) is 72.4 cm³/mol. The fourth-order valence-electron chi connectivity index (χ4n) is 2.32. The first-order valence-electron chi connectivity index (χ1n) is 6.22. The molecular weight excluding hydrogens is 287 g/mol. The Morgan fingerprint density at radius 2 is 2.20 bits per heavy atom. The quantitative estimate of drug-likeness (QED) is 0.488.